The normalized spacial score (nSPS) is 12.1. The number of carbonyl (C=O) groups is 5. The van der Waals surface area contributed by atoms with Crippen molar-refractivity contribution >= 4 is 29.4 Å². The summed E-state index contributed by atoms with van der Waals surface area (Å²) in [6.07, 6.45) is 0.398. The molecule has 0 spiro atoms. The van der Waals surface area contributed by atoms with E-state index in [1.165, 1.54) is 0 Å². The van der Waals surface area contributed by atoms with Gasteiger partial charge in [0.2, 0.25) is 23.5 Å². The molecule has 0 radical (unpaired) electrons. The average molecular weight is 481 g/mol. The van der Waals surface area contributed by atoms with Crippen LogP contribution in [-0.2, 0) is 36.9 Å². The molecular weight excluding hydrogens is 448 g/mol. The first kappa shape index (κ1) is 27.2. The highest BCUT2D eigenvalue weighted by Gasteiger charge is 2.27. The molecule has 0 saturated heterocycles. The summed E-state index contributed by atoms with van der Waals surface area (Å²) in [5.41, 5.74) is 6.65. The van der Waals surface area contributed by atoms with E-state index < -0.39 is 29.5 Å². The molecule has 4 amide bonds. The molecule has 0 aliphatic heterocycles. The number of ketones is 1. The number of primary amides is 1. The molecule has 5 N–H and O–H groups in total. The Bertz CT molecular complexity index is 1010. The number of hydrogen-bond donors (Lipinski definition) is 4. The van der Waals surface area contributed by atoms with Crippen LogP contribution in [0.1, 0.15) is 37.3 Å². The summed E-state index contributed by atoms with van der Waals surface area (Å²) in [6, 6.07) is 17.3. The van der Waals surface area contributed by atoms with E-state index in [2.05, 4.69) is 16.0 Å². The van der Waals surface area contributed by atoms with Crippen LogP contribution in [0.25, 0.3) is 0 Å². The minimum absolute atomic E-state index is 0.107. The van der Waals surface area contributed by atoms with Crippen molar-refractivity contribution in [1.82, 2.24) is 16.0 Å². The van der Waals surface area contributed by atoms with Gasteiger partial charge in [0.25, 0.3) is 5.91 Å². The third-order valence-electron chi connectivity index (χ3n) is 5.28. The van der Waals surface area contributed by atoms with Gasteiger partial charge in [-0.3, -0.25) is 24.0 Å². The second kappa shape index (κ2) is 14.3. The van der Waals surface area contributed by atoms with Crippen molar-refractivity contribution in [2.24, 2.45) is 11.7 Å². The molecule has 0 bridgehead atoms. The van der Waals surface area contributed by atoms with Crippen molar-refractivity contribution in [2.75, 3.05) is 6.54 Å². The molecule has 0 fully saturated rings. The summed E-state index contributed by atoms with van der Waals surface area (Å²) in [5.74, 6) is -3.14. The Morgan fingerprint density at radius 1 is 0.829 bits per heavy atom. The standard InChI is InChI=1S/C26H32N4O5/c1-18(12-13-28-23(32)16-22(27)31)14-24(33)30-21(15-19-8-4-2-5-9-19)25(34)26(35)29-17-20-10-6-3-7-11-20/h2-11,18,21H,12-17H2,1H3,(H2,27,31)(H,28,32)(H,29,35)(H,30,33)/t18-,21-/m0/s1. The van der Waals surface area contributed by atoms with Gasteiger partial charge in [0.15, 0.2) is 0 Å². The van der Waals surface area contributed by atoms with Gasteiger partial charge in [-0.2, -0.15) is 0 Å². The van der Waals surface area contributed by atoms with Crippen molar-refractivity contribution < 1.29 is 24.0 Å². The lowest BCUT2D eigenvalue weighted by Crippen LogP contribution is -2.48. The van der Waals surface area contributed by atoms with Crippen LogP contribution in [0.5, 0.6) is 0 Å². The zero-order chi connectivity index (χ0) is 25.6. The first-order chi connectivity index (χ1) is 16.7. The quantitative estimate of drug-likeness (QED) is 0.235. The van der Waals surface area contributed by atoms with Crippen LogP contribution in [-0.4, -0.2) is 42.0 Å². The summed E-state index contributed by atoms with van der Waals surface area (Å²) in [5, 5.41) is 7.89. The van der Waals surface area contributed by atoms with Crippen LogP contribution in [0.15, 0.2) is 60.7 Å². The predicted molar refractivity (Wildman–Crippen MR) is 131 cm³/mol. The van der Waals surface area contributed by atoms with Crippen LogP contribution < -0.4 is 21.7 Å². The Hall–Kier alpha value is -4.01. The third-order valence-corrected chi connectivity index (χ3v) is 5.28. The van der Waals surface area contributed by atoms with Gasteiger partial charge in [0.05, 0.1) is 0 Å². The highest BCUT2D eigenvalue weighted by molar-refractivity contribution is 6.38. The van der Waals surface area contributed by atoms with Crippen molar-refractivity contribution in [3.05, 3.63) is 71.8 Å². The molecule has 186 valence electrons. The highest BCUT2D eigenvalue weighted by atomic mass is 16.2. The van der Waals surface area contributed by atoms with Gasteiger partial charge in [-0.1, -0.05) is 67.6 Å². The fourth-order valence-electron chi connectivity index (χ4n) is 3.43. The Morgan fingerprint density at radius 2 is 1.43 bits per heavy atom. The number of benzene rings is 2. The summed E-state index contributed by atoms with van der Waals surface area (Å²) in [6.45, 7) is 2.32. The first-order valence-electron chi connectivity index (χ1n) is 11.5. The minimum Gasteiger partial charge on any atom is -0.369 e. The third kappa shape index (κ3) is 10.6. The van der Waals surface area contributed by atoms with Crippen LogP contribution in [0.2, 0.25) is 0 Å². The van der Waals surface area contributed by atoms with Crippen molar-refractivity contribution in [3.63, 3.8) is 0 Å². The van der Waals surface area contributed by atoms with Crippen molar-refractivity contribution in [1.29, 1.82) is 0 Å². The fourth-order valence-corrected chi connectivity index (χ4v) is 3.43. The minimum atomic E-state index is -1.01. The lowest BCUT2D eigenvalue weighted by atomic mass is 9.99. The highest BCUT2D eigenvalue weighted by Crippen LogP contribution is 2.09. The number of nitrogens with two attached hydrogens (primary N) is 1. The summed E-state index contributed by atoms with van der Waals surface area (Å²) < 4.78 is 0. The maximum Gasteiger partial charge on any atom is 0.289 e. The second-order valence-electron chi connectivity index (χ2n) is 8.43. The lowest BCUT2D eigenvalue weighted by Gasteiger charge is -2.19. The Labute approximate surface area is 204 Å². The van der Waals surface area contributed by atoms with Gasteiger partial charge in [0.1, 0.15) is 12.5 Å². The van der Waals surface area contributed by atoms with Crippen LogP contribution in [0.4, 0.5) is 0 Å². The molecule has 0 unspecified atom stereocenters. The van der Waals surface area contributed by atoms with E-state index >= 15 is 0 Å². The van der Waals surface area contributed by atoms with E-state index in [1.54, 1.807) is 0 Å². The summed E-state index contributed by atoms with van der Waals surface area (Å²) in [7, 11) is 0. The second-order valence-corrected chi connectivity index (χ2v) is 8.43. The van der Waals surface area contributed by atoms with Gasteiger partial charge >= 0.3 is 0 Å². The predicted octanol–water partition coefficient (Wildman–Crippen LogP) is 1.01. The van der Waals surface area contributed by atoms with Crippen LogP contribution in [0.3, 0.4) is 0 Å². The molecule has 2 aromatic carbocycles. The zero-order valence-corrected chi connectivity index (χ0v) is 19.8. The van der Waals surface area contributed by atoms with E-state index in [0.717, 1.165) is 11.1 Å². The molecule has 2 aromatic rings. The number of rotatable bonds is 14. The van der Waals surface area contributed by atoms with Gasteiger partial charge in [-0.15, -0.1) is 0 Å². The maximum atomic E-state index is 12.9. The number of nitrogens with one attached hydrogen (secondary N) is 3. The van der Waals surface area contributed by atoms with Crippen molar-refractivity contribution in [2.45, 2.75) is 45.2 Å². The molecule has 0 aromatic heterocycles. The molecule has 9 heteroatoms. The molecule has 9 nitrogen and oxygen atoms in total. The van der Waals surface area contributed by atoms with Crippen molar-refractivity contribution in [3.8, 4) is 0 Å². The van der Waals surface area contributed by atoms with E-state index in [9.17, 15) is 24.0 Å². The fraction of sp³-hybridized carbons (Fsp3) is 0.346. The largest absolute Gasteiger partial charge is 0.369 e. The zero-order valence-electron chi connectivity index (χ0n) is 19.8. The Kier molecular flexibility index (Phi) is 11.1. The van der Waals surface area contributed by atoms with E-state index in [1.807, 2.05) is 67.6 Å². The number of hydrogen-bond acceptors (Lipinski definition) is 5. The molecule has 2 atom stereocenters. The van der Waals surface area contributed by atoms with Crippen LogP contribution in [0, 0.1) is 5.92 Å². The molecule has 0 aliphatic rings. The lowest BCUT2D eigenvalue weighted by molar-refractivity contribution is -0.140. The van der Waals surface area contributed by atoms with Gasteiger partial charge in [-0.05, 0) is 23.5 Å². The molecule has 2 rings (SSSR count). The topological polar surface area (TPSA) is 147 Å². The van der Waals surface area contributed by atoms with E-state index in [-0.39, 0.29) is 44.2 Å². The maximum absolute atomic E-state index is 12.9. The van der Waals surface area contributed by atoms with Gasteiger partial charge < -0.3 is 21.7 Å². The van der Waals surface area contributed by atoms with E-state index in [4.69, 9.17) is 5.73 Å². The summed E-state index contributed by atoms with van der Waals surface area (Å²) >= 11 is 0. The Balaban J connectivity index is 1.92. The molecule has 35 heavy (non-hydrogen) atoms. The first-order valence-corrected chi connectivity index (χ1v) is 11.5. The number of Topliss-reactive ketones (excluding diaryl/α,β-unsaturated/α-hetero) is 1. The molecule has 0 aliphatic carbocycles. The molecule has 0 heterocycles. The Morgan fingerprint density at radius 3 is 2.03 bits per heavy atom. The smallest absolute Gasteiger partial charge is 0.289 e. The number of carbonyl (C=O) groups excluding carboxylic acids is 5. The SMILES string of the molecule is C[C@@H](CCNC(=O)CC(N)=O)CC(=O)N[C@@H](Cc1ccccc1)C(=O)C(=O)NCc1ccccc1. The molecular formula is C26H32N4O5. The van der Waals surface area contributed by atoms with E-state index in [0.29, 0.717) is 6.42 Å². The van der Waals surface area contributed by atoms with Gasteiger partial charge in [0, 0.05) is 25.9 Å². The number of amides is 4. The summed E-state index contributed by atoms with van der Waals surface area (Å²) in [4.78, 5) is 60.4. The van der Waals surface area contributed by atoms with Gasteiger partial charge in [-0.25, -0.2) is 0 Å². The monoisotopic (exact) mass is 480 g/mol. The van der Waals surface area contributed by atoms with Crippen LogP contribution >= 0.6 is 0 Å². The average Bonchev–Trinajstić information content (AvgIpc) is 2.82. The molecule has 0 saturated carbocycles.